The molecule has 1 N–H and O–H groups in total. The molecule has 0 aliphatic heterocycles. The van der Waals surface area contributed by atoms with Crippen LogP contribution in [-0.4, -0.2) is 33.9 Å². The van der Waals surface area contributed by atoms with E-state index in [1.54, 1.807) is 14.2 Å². The van der Waals surface area contributed by atoms with Gasteiger partial charge in [-0.15, -0.1) is 0 Å². The van der Waals surface area contributed by atoms with Gasteiger partial charge in [-0.05, 0) is 42.5 Å². The van der Waals surface area contributed by atoms with E-state index in [4.69, 9.17) is 9.47 Å². The topological polar surface area (TPSA) is 30.5 Å². The summed E-state index contributed by atoms with van der Waals surface area (Å²) in [6, 6.07) is 8.35. The van der Waals surface area contributed by atoms with Crippen molar-refractivity contribution in [2.45, 2.75) is 20.3 Å². The Balaban J connectivity index is 2.52. The van der Waals surface area contributed by atoms with Crippen molar-refractivity contribution < 1.29 is 9.47 Å². The lowest BCUT2D eigenvalue weighted by Gasteiger charge is -2.21. The molecular weight excluding hydrogens is 238 g/mol. The average Bonchev–Trinajstić information content (AvgIpc) is 2.42. The SMILES string of the molecule is COCCNCC(Cc1cccc(OC)c1)C(C)C. The number of nitrogens with one attached hydrogen (secondary N) is 1. The minimum absolute atomic E-state index is 0.629. The predicted molar refractivity (Wildman–Crippen MR) is 79.8 cm³/mol. The van der Waals surface area contributed by atoms with Crippen LogP contribution in [0.2, 0.25) is 0 Å². The Morgan fingerprint density at radius 1 is 1.21 bits per heavy atom. The average molecular weight is 265 g/mol. The standard InChI is InChI=1S/C16H27NO2/c1-13(2)15(12-17-8-9-18-3)10-14-6-5-7-16(11-14)19-4/h5-7,11,13,15,17H,8-10,12H2,1-4H3. The van der Waals surface area contributed by atoms with Gasteiger partial charge < -0.3 is 14.8 Å². The van der Waals surface area contributed by atoms with Gasteiger partial charge in [-0.1, -0.05) is 26.0 Å². The Hall–Kier alpha value is -1.06. The van der Waals surface area contributed by atoms with Gasteiger partial charge in [0.1, 0.15) is 5.75 Å². The number of ether oxygens (including phenoxy) is 2. The highest BCUT2D eigenvalue weighted by Gasteiger charge is 2.14. The first kappa shape index (κ1) is 16.0. The minimum atomic E-state index is 0.629. The molecule has 0 amide bonds. The zero-order chi connectivity index (χ0) is 14.1. The maximum Gasteiger partial charge on any atom is 0.119 e. The summed E-state index contributed by atoms with van der Waals surface area (Å²) in [6.07, 6.45) is 1.08. The van der Waals surface area contributed by atoms with E-state index in [-0.39, 0.29) is 0 Å². The molecule has 3 heteroatoms. The van der Waals surface area contributed by atoms with Crippen molar-refractivity contribution in [2.75, 3.05) is 33.9 Å². The van der Waals surface area contributed by atoms with Crippen molar-refractivity contribution in [2.24, 2.45) is 11.8 Å². The number of hydrogen-bond acceptors (Lipinski definition) is 3. The number of methoxy groups -OCH3 is 2. The van der Waals surface area contributed by atoms with Crippen molar-refractivity contribution in [1.82, 2.24) is 5.32 Å². The molecule has 1 unspecified atom stereocenters. The van der Waals surface area contributed by atoms with Gasteiger partial charge in [0.05, 0.1) is 13.7 Å². The Labute approximate surface area is 117 Å². The van der Waals surface area contributed by atoms with Crippen LogP contribution in [0.15, 0.2) is 24.3 Å². The smallest absolute Gasteiger partial charge is 0.119 e. The zero-order valence-corrected chi connectivity index (χ0v) is 12.6. The van der Waals surface area contributed by atoms with E-state index in [0.29, 0.717) is 11.8 Å². The summed E-state index contributed by atoms with van der Waals surface area (Å²) >= 11 is 0. The first-order valence-electron chi connectivity index (χ1n) is 7.00. The van der Waals surface area contributed by atoms with Crippen LogP contribution in [-0.2, 0) is 11.2 Å². The molecule has 0 spiro atoms. The lowest BCUT2D eigenvalue weighted by molar-refractivity contribution is 0.196. The third-order valence-electron chi connectivity index (χ3n) is 3.46. The van der Waals surface area contributed by atoms with Gasteiger partial charge in [-0.2, -0.15) is 0 Å². The fourth-order valence-corrected chi connectivity index (χ4v) is 2.11. The second-order valence-corrected chi connectivity index (χ2v) is 5.26. The molecule has 0 fully saturated rings. The first-order valence-corrected chi connectivity index (χ1v) is 7.00. The Morgan fingerprint density at radius 2 is 2.00 bits per heavy atom. The van der Waals surface area contributed by atoms with Crippen LogP contribution >= 0.6 is 0 Å². The van der Waals surface area contributed by atoms with Crippen LogP contribution in [0, 0.1) is 11.8 Å². The molecule has 0 heterocycles. The van der Waals surface area contributed by atoms with Gasteiger partial charge in [-0.25, -0.2) is 0 Å². The quantitative estimate of drug-likeness (QED) is 0.696. The van der Waals surface area contributed by atoms with Crippen molar-refractivity contribution in [3.8, 4) is 5.75 Å². The molecule has 1 rings (SSSR count). The van der Waals surface area contributed by atoms with Crippen molar-refractivity contribution in [3.63, 3.8) is 0 Å². The van der Waals surface area contributed by atoms with Crippen LogP contribution in [0.25, 0.3) is 0 Å². The molecule has 1 aromatic carbocycles. The van der Waals surface area contributed by atoms with E-state index in [2.05, 4.69) is 37.4 Å². The Bertz CT molecular complexity index is 352. The van der Waals surface area contributed by atoms with Gasteiger partial charge >= 0.3 is 0 Å². The summed E-state index contributed by atoms with van der Waals surface area (Å²) in [5.41, 5.74) is 1.34. The third kappa shape index (κ3) is 6.08. The molecule has 108 valence electrons. The van der Waals surface area contributed by atoms with E-state index in [0.717, 1.165) is 31.9 Å². The molecule has 1 aromatic rings. The Kier molecular flexibility index (Phi) is 7.53. The van der Waals surface area contributed by atoms with Crippen LogP contribution in [0.3, 0.4) is 0 Å². The summed E-state index contributed by atoms with van der Waals surface area (Å²) in [7, 11) is 3.45. The molecule has 1 atom stereocenters. The third-order valence-corrected chi connectivity index (χ3v) is 3.46. The van der Waals surface area contributed by atoms with E-state index in [1.165, 1.54) is 5.56 Å². The van der Waals surface area contributed by atoms with Crippen molar-refractivity contribution in [1.29, 1.82) is 0 Å². The lowest BCUT2D eigenvalue weighted by Crippen LogP contribution is -2.30. The molecule has 0 aliphatic rings. The highest BCUT2D eigenvalue weighted by atomic mass is 16.5. The van der Waals surface area contributed by atoms with E-state index in [1.807, 2.05) is 6.07 Å². The maximum atomic E-state index is 5.28. The molecule has 19 heavy (non-hydrogen) atoms. The minimum Gasteiger partial charge on any atom is -0.497 e. The zero-order valence-electron chi connectivity index (χ0n) is 12.6. The summed E-state index contributed by atoms with van der Waals surface area (Å²) in [5.74, 6) is 2.22. The second kappa shape index (κ2) is 8.94. The van der Waals surface area contributed by atoms with Gasteiger partial charge in [0.2, 0.25) is 0 Å². The summed E-state index contributed by atoms with van der Waals surface area (Å²) < 4.78 is 10.3. The van der Waals surface area contributed by atoms with E-state index >= 15 is 0 Å². The Morgan fingerprint density at radius 3 is 2.63 bits per heavy atom. The molecule has 0 saturated carbocycles. The van der Waals surface area contributed by atoms with Crippen LogP contribution < -0.4 is 10.1 Å². The first-order chi connectivity index (χ1) is 9.17. The number of benzene rings is 1. The fraction of sp³-hybridized carbons (Fsp3) is 0.625. The molecular formula is C16H27NO2. The summed E-state index contributed by atoms with van der Waals surface area (Å²) in [5, 5.41) is 3.46. The van der Waals surface area contributed by atoms with Gasteiger partial charge in [0.25, 0.3) is 0 Å². The highest BCUT2D eigenvalue weighted by molar-refractivity contribution is 5.28. The monoisotopic (exact) mass is 265 g/mol. The van der Waals surface area contributed by atoms with Gasteiger partial charge in [-0.3, -0.25) is 0 Å². The fourth-order valence-electron chi connectivity index (χ4n) is 2.11. The molecule has 0 aromatic heterocycles. The van der Waals surface area contributed by atoms with Crippen molar-refractivity contribution >= 4 is 0 Å². The molecule has 0 aliphatic carbocycles. The molecule has 3 nitrogen and oxygen atoms in total. The molecule has 0 saturated heterocycles. The van der Waals surface area contributed by atoms with Crippen LogP contribution in [0.4, 0.5) is 0 Å². The van der Waals surface area contributed by atoms with E-state index in [9.17, 15) is 0 Å². The van der Waals surface area contributed by atoms with Crippen molar-refractivity contribution in [3.05, 3.63) is 29.8 Å². The normalized spacial score (nSPS) is 12.7. The largest absolute Gasteiger partial charge is 0.497 e. The summed E-state index contributed by atoms with van der Waals surface area (Å²) in [4.78, 5) is 0. The number of hydrogen-bond donors (Lipinski definition) is 1. The highest BCUT2D eigenvalue weighted by Crippen LogP contribution is 2.20. The second-order valence-electron chi connectivity index (χ2n) is 5.26. The number of rotatable bonds is 9. The summed E-state index contributed by atoms with van der Waals surface area (Å²) in [6.45, 7) is 7.27. The maximum absolute atomic E-state index is 5.28. The lowest BCUT2D eigenvalue weighted by atomic mass is 9.89. The van der Waals surface area contributed by atoms with Gasteiger partial charge in [0, 0.05) is 13.7 Å². The van der Waals surface area contributed by atoms with Crippen LogP contribution in [0.5, 0.6) is 5.75 Å². The van der Waals surface area contributed by atoms with Gasteiger partial charge in [0.15, 0.2) is 0 Å². The molecule has 0 bridgehead atoms. The van der Waals surface area contributed by atoms with E-state index < -0.39 is 0 Å². The van der Waals surface area contributed by atoms with Crippen LogP contribution in [0.1, 0.15) is 19.4 Å². The molecule has 0 radical (unpaired) electrons. The predicted octanol–water partition coefficient (Wildman–Crippen LogP) is 2.75.